The van der Waals surface area contributed by atoms with Crippen molar-refractivity contribution in [1.82, 2.24) is 0 Å². The Labute approximate surface area is 190 Å². The predicted octanol–water partition coefficient (Wildman–Crippen LogP) is 6.68. The van der Waals surface area contributed by atoms with Crippen LogP contribution in [0.25, 0.3) is 17.0 Å². The van der Waals surface area contributed by atoms with E-state index in [0.29, 0.717) is 27.3 Å². The molecule has 3 aromatic carbocycles. The van der Waals surface area contributed by atoms with Gasteiger partial charge in [0.25, 0.3) is 0 Å². The Morgan fingerprint density at radius 3 is 2.71 bits per heavy atom. The second kappa shape index (κ2) is 7.72. The van der Waals surface area contributed by atoms with E-state index in [4.69, 9.17) is 25.5 Å². The summed E-state index contributed by atoms with van der Waals surface area (Å²) in [6.45, 7) is 0. The van der Waals surface area contributed by atoms with E-state index < -0.39 is 5.97 Å². The van der Waals surface area contributed by atoms with Gasteiger partial charge in [0.05, 0.1) is 5.56 Å². The molecule has 1 aliphatic rings. The minimum atomic E-state index is -0.666. The minimum Gasteiger partial charge on any atom is -0.452 e. The second-order valence-corrected chi connectivity index (χ2v) is 8.09. The Morgan fingerprint density at radius 2 is 1.87 bits per heavy atom. The normalized spacial score (nSPS) is 14.0. The van der Waals surface area contributed by atoms with Crippen molar-refractivity contribution in [1.29, 1.82) is 0 Å². The lowest BCUT2D eigenvalue weighted by Crippen LogP contribution is -2.07. The summed E-state index contributed by atoms with van der Waals surface area (Å²) in [5.41, 5.74) is 1.74. The van der Waals surface area contributed by atoms with Gasteiger partial charge in [-0.05, 0) is 54.1 Å². The highest BCUT2D eigenvalue weighted by Gasteiger charge is 2.28. The molecule has 0 radical (unpaired) electrons. The first kappa shape index (κ1) is 19.6. The van der Waals surface area contributed by atoms with Crippen LogP contribution in [0.15, 0.2) is 81.4 Å². The Balaban J connectivity index is 1.38. The van der Waals surface area contributed by atoms with E-state index in [0.717, 1.165) is 10.0 Å². The number of Topliss-reactive ketones (excluding diaryl/α,β-unsaturated/α-hetero) is 1. The van der Waals surface area contributed by atoms with Crippen LogP contribution in [0.4, 0.5) is 0 Å². The van der Waals surface area contributed by atoms with Crippen molar-refractivity contribution >= 4 is 56.3 Å². The van der Waals surface area contributed by atoms with Crippen molar-refractivity contribution in [2.45, 2.75) is 0 Å². The number of ether oxygens (including phenoxy) is 2. The van der Waals surface area contributed by atoms with Crippen LogP contribution in [-0.2, 0) is 0 Å². The number of furan rings is 1. The fourth-order valence-electron chi connectivity index (χ4n) is 3.24. The van der Waals surface area contributed by atoms with Gasteiger partial charge in [-0.2, -0.15) is 0 Å². The molecule has 4 aromatic rings. The van der Waals surface area contributed by atoms with Gasteiger partial charge in [0.15, 0.2) is 5.76 Å². The average Bonchev–Trinajstić information content (AvgIpc) is 3.30. The van der Waals surface area contributed by atoms with Crippen LogP contribution in [0.3, 0.4) is 0 Å². The summed E-state index contributed by atoms with van der Waals surface area (Å²) in [5.74, 6) is -0.107. The van der Waals surface area contributed by atoms with Gasteiger partial charge in [-0.25, -0.2) is 4.79 Å². The lowest BCUT2D eigenvalue weighted by Gasteiger charge is -2.04. The topological polar surface area (TPSA) is 65.7 Å². The summed E-state index contributed by atoms with van der Waals surface area (Å²) >= 11 is 9.42. The average molecular weight is 496 g/mol. The smallest absolute Gasteiger partial charge is 0.379 e. The molecule has 1 aliphatic heterocycles. The number of hydrogen-bond acceptors (Lipinski definition) is 5. The quantitative estimate of drug-likeness (QED) is 0.180. The van der Waals surface area contributed by atoms with Crippen LogP contribution in [-0.4, -0.2) is 11.8 Å². The maximum Gasteiger partial charge on any atom is 0.379 e. The van der Waals surface area contributed by atoms with Crippen LogP contribution in [0.1, 0.15) is 26.5 Å². The van der Waals surface area contributed by atoms with Gasteiger partial charge in [0.2, 0.25) is 11.5 Å². The Hall–Kier alpha value is -3.35. The first-order chi connectivity index (χ1) is 15.0. The van der Waals surface area contributed by atoms with Crippen LogP contribution in [0.5, 0.6) is 11.5 Å². The molecule has 31 heavy (non-hydrogen) atoms. The molecule has 0 bridgehead atoms. The van der Waals surface area contributed by atoms with Gasteiger partial charge in [0, 0.05) is 20.9 Å². The van der Waals surface area contributed by atoms with Crippen LogP contribution >= 0.6 is 27.5 Å². The first-order valence-electron chi connectivity index (χ1n) is 9.22. The molecule has 0 unspecified atom stereocenters. The summed E-state index contributed by atoms with van der Waals surface area (Å²) in [5, 5.41) is 1.24. The Kier molecular flexibility index (Phi) is 4.88. The monoisotopic (exact) mass is 494 g/mol. The number of fused-ring (bicyclic) bond motifs is 2. The molecule has 152 valence electrons. The molecule has 0 fully saturated rings. The SMILES string of the molecule is O=C(Oc1ccc2c(c1)O/C(=C\c1ccccc1Br)C2=O)c1cc2cc(Cl)ccc2o1. The molecular weight excluding hydrogens is 484 g/mol. The highest BCUT2D eigenvalue weighted by Crippen LogP contribution is 2.36. The van der Waals surface area contributed by atoms with E-state index in [9.17, 15) is 9.59 Å². The highest BCUT2D eigenvalue weighted by molar-refractivity contribution is 9.10. The highest BCUT2D eigenvalue weighted by atomic mass is 79.9. The zero-order valence-electron chi connectivity index (χ0n) is 15.7. The van der Waals surface area contributed by atoms with E-state index in [2.05, 4.69) is 15.9 Å². The number of rotatable bonds is 3. The second-order valence-electron chi connectivity index (χ2n) is 6.80. The fourth-order valence-corrected chi connectivity index (χ4v) is 3.82. The van der Waals surface area contributed by atoms with Crippen LogP contribution < -0.4 is 9.47 Å². The number of benzene rings is 3. The number of carbonyl (C=O) groups excluding carboxylic acids is 2. The molecule has 2 heterocycles. The standard InChI is InChI=1S/C24H12BrClO5/c25-18-4-2-1-3-13(18)10-21-23(27)17-7-6-16(12-20(17)31-21)29-24(28)22-11-14-9-15(26)5-8-19(14)30-22/h1-12H/b21-10-. The first-order valence-corrected chi connectivity index (χ1v) is 10.4. The lowest BCUT2D eigenvalue weighted by atomic mass is 10.1. The van der Waals surface area contributed by atoms with Gasteiger partial charge in [-0.3, -0.25) is 4.79 Å². The Morgan fingerprint density at radius 1 is 1.03 bits per heavy atom. The number of hydrogen-bond donors (Lipinski definition) is 0. The van der Waals surface area contributed by atoms with Crippen molar-refractivity contribution in [2.24, 2.45) is 0 Å². The molecule has 5 rings (SSSR count). The van der Waals surface area contributed by atoms with E-state index in [1.54, 1.807) is 42.5 Å². The number of allylic oxidation sites excluding steroid dienone is 1. The van der Waals surface area contributed by atoms with Crippen LogP contribution in [0.2, 0.25) is 5.02 Å². The maximum atomic E-state index is 12.7. The largest absolute Gasteiger partial charge is 0.452 e. The van der Waals surface area contributed by atoms with Crippen molar-refractivity contribution in [3.8, 4) is 11.5 Å². The summed E-state index contributed by atoms with van der Waals surface area (Å²) in [6.07, 6.45) is 1.66. The molecule has 0 amide bonds. The van der Waals surface area contributed by atoms with E-state index >= 15 is 0 Å². The number of carbonyl (C=O) groups is 2. The van der Waals surface area contributed by atoms with Gasteiger partial charge < -0.3 is 13.9 Å². The van der Waals surface area contributed by atoms with Gasteiger partial charge in [0.1, 0.15) is 17.1 Å². The molecule has 0 saturated carbocycles. The van der Waals surface area contributed by atoms with E-state index in [1.807, 2.05) is 24.3 Å². The van der Waals surface area contributed by atoms with Gasteiger partial charge in [-0.1, -0.05) is 45.7 Å². The Bertz CT molecular complexity index is 1400. The van der Waals surface area contributed by atoms with E-state index in [-0.39, 0.29) is 23.1 Å². The summed E-state index contributed by atoms with van der Waals surface area (Å²) in [6, 6.07) is 18.7. The molecule has 0 aliphatic carbocycles. The summed E-state index contributed by atoms with van der Waals surface area (Å²) in [4.78, 5) is 25.2. The number of halogens is 2. The van der Waals surface area contributed by atoms with Crippen molar-refractivity contribution < 1.29 is 23.5 Å². The molecule has 0 atom stereocenters. The lowest BCUT2D eigenvalue weighted by molar-refractivity contribution is 0.0703. The number of esters is 1. The summed E-state index contributed by atoms with van der Waals surface area (Å²) in [7, 11) is 0. The molecular formula is C24H12BrClO5. The third-order valence-electron chi connectivity index (χ3n) is 4.72. The summed E-state index contributed by atoms with van der Waals surface area (Å²) < 4.78 is 17.5. The van der Waals surface area contributed by atoms with Crippen molar-refractivity contribution in [3.05, 3.63) is 98.9 Å². The molecule has 1 aromatic heterocycles. The fraction of sp³-hybridized carbons (Fsp3) is 0. The molecule has 7 heteroatoms. The van der Waals surface area contributed by atoms with Crippen LogP contribution in [0, 0.1) is 0 Å². The molecule has 0 saturated heterocycles. The third kappa shape index (κ3) is 3.76. The third-order valence-corrected chi connectivity index (χ3v) is 5.68. The van der Waals surface area contributed by atoms with Gasteiger partial charge in [-0.15, -0.1) is 0 Å². The minimum absolute atomic E-state index is 0.0456. The molecule has 0 N–H and O–H groups in total. The van der Waals surface area contributed by atoms with Gasteiger partial charge >= 0.3 is 5.97 Å². The predicted molar refractivity (Wildman–Crippen MR) is 120 cm³/mol. The number of ketones is 1. The van der Waals surface area contributed by atoms with Crippen molar-refractivity contribution in [3.63, 3.8) is 0 Å². The van der Waals surface area contributed by atoms with Crippen molar-refractivity contribution in [2.75, 3.05) is 0 Å². The molecule has 5 nitrogen and oxygen atoms in total. The van der Waals surface area contributed by atoms with E-state index in [1.165, 1.54) is 6.07 Å². The zero-order chi connectivity index (χ0) is 21.5. The zero-order valence-corrected chi connectivity index (χ0v) is 18.1. The molecule has 0 spiro atoms. The maximum absolute atomic E-state index is 12.7.